The van der Waals surface area contributed by atoms with Crippen LogP contribution in [-0.2, 0) is 11.2 Å². The van der Waals surface area contributed by atoms with Crippen molar-refractivity contribution in [3.63, 3.8) is 0 Å². The third-order valence-corrected chi connectivity index (χ3v) is 3.85. The van der Waals surface area contributed by atoms with E-state index < -0.39 is 0 Å². The smallest absolute Gasteiger partial charge is 0.137 e. The molecule has 0 saturated heterocycles. The zero-order chi connectivity index (χ0) is 15.7. The van der Waals surface area contributed by atoms with Crippen LogP contribution in [0.5, 0.6) is 0 Å². The number of aromatic nitrogens is 2. The molecule has 0 spiro atoms. The second-order valence-corrected chi connectivity index (χ2v) is 5.18. The quantitative estimate of drug-likeness (QED) is 0.718. The van der Waals surface area contributed by atoms with Crippen LogP contribution in [0.25, 0.3) is 0 Å². The van der Waals surface area contributed by atoms with E-state index in [9.17, 15) is 0 Å². The number of hydrogen-bond acceptors (Lipinski definition) is 5. The zero-order valence-corrected chi connectivity index (χ0v) is 14.1. The highest BCUT2D eigenvalue weighted by molar-refractivity contribution is 5.59. The molecule has 1 N–H and O–H groups in total. The van der Waals surface area contributed by atoms with Crippen molar-refractivity contribution >= 4 is 11.6 Å². The summed E-state index contributed by atoms with van der Waals surface area (Å²) >= 11 is 0. The van der Waals surface area contributed by atoms with Gasteiger partial charge in [0.25, 0.3) is 0 Å². The van der Waals surface area contributed by atoms with E-state index in [-0.39, 0.29) is 0 Å². The number of hydrogen-bond donors (Lipinski definition) is 1. The number of ether oxygens (including phenoxy) is 1. The molecule has 21 heavy (non-hydrogen) atoms. The van der Waals surface area contributed by atoms with Gasteiger partial charge in [-0.15, -0.1) is 0 Å². The van der Waals surface area contributed by atoms with E-state index in [4.69, 9.17) is 4.74 Å². The Bertz CT molecular complexity index is 407. The minimum absolute atomic E-state index is 0.482. The van der Waals surface area contributed by atoms with E-state index in [0.29, 0.717) is 12.6 Å². The number of rotatable bonds is 10. The number of nitrogens with one attached hydrogen (secondary N) is 1. The largest absolute Gasteiger partial charge is 0.383 e. The predicted molar refractivity (Wildman–Crippen MR) is 89.2 cm³/mol. The van der Waals surface area contributed by atoms with Crippen molar-refractivity contribution in [2.75, 3.05) is 37.5 Å². The lowest BCUT2D eigenvalue weighted by Gasteiger charge is -2.33. The summed E-state index contributed by atoms with van der Waals surface area (Å²) in [6.45, 7) is 8.22. The molecule has 0 fully saturated rings. The summed E-state index contributed by atoms with van der Waals surface area (Å²) in [5, 5.41) is 3.20. The lowest BCUT2D eigenvalue weighted by molar-refractivity contribution is 0.202. The van der Waals surface area contributed by atoms with Gasteiger partial charge in [0.1, 0.15) is 18.0 Å². The summed E-state index contributed by atoms with van der Waals surface area (Å²) in [6.07, 6.45) is 5.92. The van der Waals surface area contributed by atoms with Gasteiger partial charge in [0.2, 0.25) is 0 Å². The summed E-state index contributed by atoms with van der Waals surface area (Å²) < 4.78 is 5.29. The minimum Gasteiger partial charge on any atom is -0.383 e. The monoisotopic (exact) mass is 294 g/mol. The molecule has 5 heteroatoms. The molecular formula is C16H30N4O. The van der Waals surface area contributed by atoms with Crippen LogP contribution in [0, 0.1) is 0 Å². The molecule has 0 saturated carbocycles. The summed E-state index contributed by atoms with van der Waals surface area (Å²) in [7, 11) is 3.67. The first kappa shape index (κ1) is 17.7. The molecule has 0 unspecified atom stereocenters. The van der Waals surface area contributed by atoms with Crippen molar-refractivity contribution in [3.05, 3.63) is 11.9 Å². The maximum Gasteiger partial charge on any atom is 0.137 e. The highest BCUT2D eigenvalue weighted by Gasteiger charge is 2.21. The fraction of sp³-hybridized carbons (Fsp3) is 0.750. The summed E-state index contributed by atoms with van der Waals surface area (Å²) in [4.78, 5) is 11.4. The number of anilines is 2. The maximum absolute atomic E-state index is 5.29. The van der Waals surface area contributed by atoms with E-state index in [1.165, 1.54) is 5.56 Å². The van der Waals surface area contributed by atoms with Gasteiger partial charge >= 0.3 is 0 Å². The van der Waals surface area contributed by atoms with Gasteiger partial charge in [0, 0.05) is 32.3 Å². The lowest BCUT2D eigenvalue weighted by Crippen LogP contribution is -2.38. The molecule has 5 nitrogen and oxygen atoms in total. The van der Waals surface area contributed by atoms with Gasteiger partial charge < -0.3 is 15.0 Å². The molecule has 1 rings (SSSR count). The standard InChI is InChI=1S/C16H30N4O/c1-6-9-14-15(17-4)18-12-19-16(14)20(10-11-21-5)13(7-2)8-3/h12-13H,6-11H2,1-5H3,(H,17,18,19). The summed E-state index contributed by atoms with van der Waals surface area (Å²) in [5.74, 6) is 2.00. The Morgan fingerprint density at radius 2 is 1.95 bits per heavy atom. The lowest BCUT2D eigenvalue weighted by atomic mass is 10.1. The SMILES string of the molecule is CCCc1c(NC)ncnc1N(CCOC)C(CC)CC. The fourth-order valence-corrected chi connectivity index (χ4v) is 2.73. The van der Waals surface area contributed by atoms with Gasteiger partial charge in [0.05, 0.1) is 6.61 Å². The van der Waals surface area contributed by atoms with E-state index in [2.05, 4.69) is 41.0 Å². The first-order valence-electron chi connectivity index (χ1n) is 8.00. The van der Waals surface area contributed by atoms with E-state index >= 15 is 0 Å². The first-order valence-corrected chi connectivity index (χ1v) is 8.00. The molecule has 0 radical (unpaired) electrons. The number of nitrogens with zero attached hydrogens (tertiary/aromatic N) is 3. The Morgan fingerprint density at radius 3 is 2.48 bits per heavy atom. The fourth-order valence-electron chi connectivity index (χ4n) is 2.73. The molecule has 1 aromatic heterocycles. The molecule has 0 aliphatic rings. The second-order valence-electron chi connectivity index (χ2n) is 5.18. The molecular weight excluding hydrogens is 264 g/mol. The zero-order valence-electron chi connectivity index (χ0n) is 14.1. The van der Waals surface area contributed by atoms with Crippen LogP contribution in [0.4, 0.5) is 11.6 Å². The van der Waals surface area contributed by atoms with Gasteiger partial charge in [-0.05, 0) is 19.3 Å². The Kier molecular flexibility index (Phi) is 8.05. The van der Waals surface area contributed by atoms with E-state index in [1.807, 2.05) is 7.05 Å². The van der Waals surface area contributed by atoms with Crippen molar-refractivity contribution in [2.24, 2.45) is 0 Å². The van der Waals surface area contributed by atoms with Gasteiger partial charge in [-0.25, -0.2) is 9.97 Å². The molecule has 0 aromatic carbocycles. The molecule has 0 amide bonds. The van der Waals surface area contributed by atoms with Gasteiger partial charge in [-0.2, -0.15) is 0 Å². The third-order valence-electron chi connectivity index (χ3n) is 3.85. The van der Waals surface area contributed by atoms with Crippen molar-refractivity contribution in [3.8, 4) is 0 Å². The van der Waals surface area contributed by atoms with Crippen LogP contribution in [0.3, 0.4) is 0 Å². The normalized spacial score (nSPS) is 11.0. The molecule has 0 aliphatic carbocycles. The van der Waals surface area contributed by atoms with Crippen molar-refractivity contribution in [1.29, 1.82) is 0 Å². The van der Waals surface area contributed by atoms with Crippen LogP contribution in [0.2, 0.25) is 0 Å². The number of methoxy groups -OCH3 is 1. The van der Waals surface area contributed by atoms with Crippen LogP contribution < -0.4 is 10.2 Å². The van der Waals surface area contributed by atoms with E-state index in [0.717, 1.165) is 43.9 Å². The van der Waals surface area contributed by atoms with Gasteiger partial charge in [0.15, 0.2) is 0 Å². The highest BCUT2D eigenvalue weighted by atomic mass is 16.5. The van der Waals surface area contributed by atoms with Crippen LogP contribution in [0.1, 0.15) is 45.6 Å². The molecule has 0 bridgehead atoms. The van der Waals surface area contributed by atoms with Crippen LogP contribution >= 0.6 is 0 Å². The Hall–Kier alpha value is -1.36. The highest BCUT2D eigenvalue weighted by Crippen LogP contribution is 2.27. The van der Waals surface area contributed by atoms with Crippen molar-refractivity contribution < 1.29 is 4.74 Å². The van der Waals surface area contributed by atoms with Crippen molar-refractivity contribution in [1.82, 2.24) is 9.97 Å². The average molecular weight is 294 g/mol. The average Bonchev–Trinajstić information content (AvgIpc) is 2.52. The Labute approximate surface area is 129 Å². The van der Waals surface area contributed by atoms with Crippen LogP contribution in [-0.4, -0.2) is 43.3 Å². The molecule has 0 atom stereocenters. The second kappa shape index (κ2) is 9.55. The van der Waals surface area contributed by atoms with Crippen LogP contribution in [0.15, 0.2) is 6.33 Å². The molecule has 1 heterocycles. The maximum atomic E-state index is 5.29. The third kappa shape index (κ3) is 4.56. The minimum atomic E-state index is 0.482. The predicted octanol–water partition coefficient (Wildman–Crippen LogP) is 3.11. The van der Waals surface area contributed by atoms with Crippen molar-refractivity contribution in [2.45, 2.75) is 52.5 Å². The summed E-state index contributed by atoms with van der Waals surface area (Å²) in [5.41, 5.74) is 1.21. The topological polar surface area (TPSA) is 50.3 Å². The Balaban J connectivity index is 3.21. The van der Waals surface area contributed by atoms with Gasteiger partial charge in [-0.1, -0.05) is 27.2 Å². The molecule has 1 aromatic rings. The molecule has 120 valence electrons. The first-order chi connectivity index (χ1) is 10.2. The van der Waals surface area contributed by atoms with Gasteiger partial charge in [-0.3, -0.25) is 0 Å². The summed E-state index contributed by atoms with van der Waals surface area (Å²) in [6, 6.07) is 0.482. The Morgan fingerprint density at radius 1 is 1.24 bits per heavy atom. The van der Waals surface area contributed by atoms with E-state index in [1.54, 1.807) is 13.4 Å². The molecule has 0 aliphatic heterocycles.